The van der Waals surface area contributed by atoms with Crippen LogP contribution in [0.15, 0.2) is 21.5 Å². The van der Waals surface area contributed by atoms with Gasteiger partial charge in [-0.3, -0.25) is 14.9 Å². The molecule has 0 aliphatic carbocycles. The minimum atomic E-state index is -4.29. The number of rotatable bonds is 3. The fourth-order valence-corrected chi connectivity index (χ4v) is 3.81. The number of nitrogen functional groups attached to an aromatic ring is 1. The Labute approximate surface area is 128 Å². The van der Waals surface area contributed by atoms with Crippen molar-refractivity contribution in [3.05, 3.63) is 22.4 Å². The number of hydrogen-bond acceptors (Lipinski definition) is 5. The number of sulfonamides is 1. The molecule has 114 valence electrons. The number of benzene rings is 1. The van der Waals surface area contributed by atoms with Crippen LogP contribution in [0.4, 0.5) is 10.1 Å². The molecule has 1 unspecified atom stereocenters. The maximum absolute atomic E-state index is 13.9. The molecule has 1 atom stereocenters. The molecule has 1 aliphatic heterocycles. The number of carbonyl (C=O) groups excluding carboxylic acids is 2. The van der Waals surface area contributed by atoms with Crippen molar-refractivity contribution in [3.8, 4) is 0 Å². The van der Waals surface area contributed by atoms with Gasteiger partial charge < -0.3 is 5.73 Å². The molecule has 0 spiro atoms. The molecule has 1 aliphatic rings. The minimum Gasteiger partial charge on any atom is -0.399 e. The third-order valence-corrected chi connectivity index (χ3v) is 4.89. The van der Waals surface area contributed by atoms with E-state index in [0.29, 0.717) is 0 Å². The van der Waals surface area contributed by atoms with Gasteiger partial charge in [-0.05, 0) is 34.5 Å². The molecule has 1 aromatic carbocycles. The maximum Gasteiger partial charge on any atom is 0.244 e. The Morgan fingerprint density at radius 1 is 1.38 bits per heavy atom. The molecular weight excluding hydrogens is 369 g/mol. The minimum absolute atomic E-state index is 0.00202. The number of imide groups is 1. The van der Waals surface area contributed by atoms with Gasteiger partial charge in [-0.25, -0.2) is 12.8 Å². The van der Waals surface area contributed by atoms with E-state index in [9.17, 15) is 22.4 Å². The van der Waals surface area contributed by atoms with E-state index in [1.54, 1.807) is 0 Å². The maximum atomic E-state index is 13.9. The summed E-state index contributed by atoms with van der Waals surface area (Å²) in [6.07, 6.45) is 0.0109. The van der Waals surface area contributed by atoms with Crippen molar-refractivity contribution in [3.63, 3.8) is 0 Å². The van der Waals surface area contributed by atoms with E-state index >= 15 is 0 Å². The molecule has 0 bridgehead atoms. The second-order valence-electron chi connectivity index (χ2n) is 4.44. The standard InChI is InChI=1S/C11H11BrFN3O4S/c12-6-3-5(14)4-8(10(6)13)21(19,20)16-7-1-2-9(17)15-11(7)18/h3-4,7,16H,1-2,14H2,(H,15,17,18). The molecule has 0 saturated carbocycles. The predicted octanol–water partition coefficient (Wildman–Crippen LogP) is 0.254. The van der Waals surface area contributed by atoms with Crippen LogP contribution in [0.1, 0.15) is 12.8 Å². The highest BCUT2D eigenvalue weighted by molar-refractivity contribution is 9.10. The van der Waals surface area contributed by atoms with Crippen LogP contribution >= 0.6 is 15.9 Å². The largest absolute Gasteiger partial charge is 0.399 e. The third kappa shape index (κ3) is 3.39. The van der Waals surface area contributed by atoms with Crippen LogP contribution in [-0.2, 0) is 19.6 Å². The highest BCUT2D eigenvalue weighted by Crippen LogP contribution is 2.26. The lowest BCUT2D eigenvalue weighted by Crippen LogP contribution is -2.52. The molecule has 21 heavy (non-hydrogen) atoms. The average molecular weight is 380 g/mol. The molecule has 0 aromatic heterocycles. The zero-order chi connectivity index (χ0) is 15.8. The van der Waals surface area contributed by atoms with E-state index in [0.717, 1.165) is 6.07 Å². The van der Waals surface area contributed by atoms with E-state index in [1.165, 1.54) is 6.07 Å². The molecule has 2 rings (SSSR count). The van der Waals surface area contributed by atoms with E-state index in [2.05, 4.69) is 20.7 Å². The monoisotopic (exact) mass is 379 g/mol. The van der Waals surface area contributed by atoms with E-state index in [4.69, 9.17) is 5.73 Å². The summed E-state index contributed by atoms with van der Waals surface area (Å²) >= 11 is 2.86. The quantitative estimate of drug-likeness (QED) is 0.513. The molecule has 7 nitrogen and oxygen atoms in total. The lowest BCUT2D eigenvalue weighted by Gasteiger charge is -2.22. The number of carbonyl (C=O) groups is 2. The molecule has 1 saturated heterocycles. The zero-order valence-electron chi connectivity index (χ0n) is 10.5. The van der Waals surface area contributed by atoms with Crippen LogP contribution in [-0.4, -0.2) is 26.3 Å². The first-order valence-corrected chi connectivity index (χ1v) is 8.09. The molecule has 10 heteroatoms. The molecule has 1 fully saturated rings. The predicted molar refractivity (Wildman–Crippen MR) is 75.0 cm³/mol. The van der Waals surface area contributed by atoms with Gasteiger partial charge in [0.1, 0.15) is 10.9 Å². The number of hydrogen-bond donors (Lipinski definition) is 3. The number of nitrogens with two attached hydrogens (primary N) is 1. The highest BCUT2D eigenvalue weighted by Gasteiger charge is 2.32. The number of nitrogens with one attached hydrogen (secondary N) is 2. The summed E-state index contributed by atoms with van der Waals surface area (Å²) in [6, 6.07) is 1.04. The lowest BCUT2D eigenvalue weighted by atomic mass is 10.1. The zero-order valence-corrected chi connectivity index (χ0v) is 12.9. The first-order chi connectivity index (χ1) is 9.70. The summed E-state index contributed by atoms with van der Waals surface area (Å²) in [4.78, 5) is 21.9. The van der Waals surface area contributed by atoms with Crippen molar-refractivity contribution < 1.29 is 22.4 Å². The Bertz CT molecular complexity index is 722. The van der Waals surface area contributed by atoms with Crippen molar-refractivity contribution >= 4 is 43.5 Å². The van der Waals surface area contributed by atoms with Crippen molar-refractivity contribution in [2.45, 2.75) is 23.8 Å². The van der Waals surface area contributed by atoms with Gasteiger partial charge in [0.15, 0.2) is 5.82 Å². The fourth-order valence-electron chi connectivity index (χ4n) is 1.84. The van der Waals surface area contributed by atoms with Gasteiger partial charge in [0.25, 0.3) is 0 Å². The second kappa shape index (κ2) is 5.70. The first kappa shape index (κ1) is 15.9. The van der Waals surface area contributed by atoms with Gasteiger partial charge in [0, 0.05) is 12.1 Å². The van der Waals surface area contributed by atoms with Gasteiger partial charge in [-0.1, -0.05) is 0 Å². The van der Waals surface area contributed by atoms with Crippen LogP contribution < -0.4 is 15.8 Å². The van der Waals surface area contributed by atoms with Crippen LogP contribution in [0.25, 0.3) is 0 Å². The molecule has 1 heterocycles. The van der Waals surface area contributed by atoms with Crippen molar-refractivity contribution in [1.29, 1.82) is 0 Å². The normalized spacial score (nSPS) is 19.4. The molecular formula is C11H11BrFN3O4S. The second-order valence-corrected chi connectivity index (χ2v) is 6.98. The number of amides is 2. The molecule has 0 radical (unpaired) electrons. The van der Waals surface area contributed by atoms with Crippen LogP contribution in [0.3, 0.4) is 0 Å². The van der Waals surface area contributed by atoms with E-state index in [-0.39, 0.29) is 23.0 Å². The lowest BCUT2D eigenvalue weighted by molar-refractivity contribution is -0.134. The average Bonchev–Trinajstić information content (AvgIpc) is 2.37. The van der Waals surface area contributed by atoms with Gasteiger partial charge in [0.2, 0.25) is 21.8 Å². The SMILES string of the molecule is Nc1cc(Br)c(F)c(S(=O)(=O)NC2CCC(=O)NC2=O)c1. The summed E-state index contributed by atoms with van der Waals surface area (Å²) in [7, 11) is -4.29. The Morgan fingerprint density at radius 2 is 2.05 bits per heavy atom. The smallest absolute Gasteiger partial charge is 0.244 e. The Morgan fingerprint density at radius 3 is 2.67 bits per heavy atom. The Kier molecular flexibility index (Phi) is 4.30. The van der Waals surface area contributed by atoms with Gasteiger partial charge in [0.05, 0.1) is 4.47 Å². The topological polar surface area (TPSA) is 118 Å². The number of anilines is 1. The number of piperidine rings is 1. The van der Waals surface area contributed by atoms with Crippen LogP contribution in [0.2, 0.25) is 0 Å². The Balaban J connectivity index is 2.31. The first-order valence-electron chi connectivity index (χ1n) is 5.81. The van der Waals surface area contributed by atoms with Gasteiger partial charge >= 0.3 is 0 Å². The van der Waals surface area contributed by atoms with E-state index in [1.807, 2.05) is 5.32 Å². The van der Waals surface area contributed by atoms with Crippen molar-refractivity contribution in [2.75, 3.05) is 5.73 Å². The summed E-state index contributed by atoms with van der Waals surface area (Å²) in [5.41, 5.74) is 5.54. The number of halogens is 2. The summed E-state index contributed by atoms with van der Waals surface area (Å²) in [6.45, 7) is 0. The third-order valence-electron chi connectivity index (χ3n) is 2.84. The Hall–Kier alpha value is -1.52. The van der Waals surface area contributed by atoms with Crippen LogP contribution in [0, 0.1) is 5.82 Å². The molecule has 4 N–H and O–H groups in total. The molecule has 1 aromatic rings. The van der Waals surface area contributed by atoms with Crippen molar-refractivity contribution in [2.24, 2.45) is 0 Å². The molecule has 2 amide bonds. The summed E-state index contributed by atoms with van der Waals surface area (Å²) in [5, 5.41) is 2.01. The summed E-state index contributed by atoms with van der Waals surface area (Å²) in [5.74, 6) is -2.25. The summed E-state index contributed by atoms with van der Waals surface area (Å²) < 4.78 is 40.2. The van der Waals surface area contributed by atoms with Crippen molar-refractivity contribution in [1.82, 2.24) is 10.0 Å². The fraction of sp³-hybridized carbons (Fsp3) is 0.273. The van der Waals surface area contributed by atoms with E-state index < -0.39 is 38.6 Å². The van der Waals surface area contributed by atoms with Crippen LogP contribution in [0.5, 0.6) is 0 Å². The highest BCUT2D eigenvalue weighted by atomic mass is 79.9. The van der Waals surface area contributed by atoms with Gasteiger partial charge in [-0.15, -0.1) is 0 Å². The van der Waals surface area contributed by atoms with Gasteiger partial charge in [-0.2, -0.15) is 4.72 Å².